The van der Waals surface area contributed by atoms with Crippen molar-refractivity contribution < 1.29 is 27.4 Å². The molecule has 0 saturated carbocycles. The van der Waals surface area contributed by atoms with Crippen molar-refractivity contribution in [2.75, 3.05) is 31.9 Å². The standard InChI is InChI=1S/C21H28N2O6S/c1-6-17(23(30(5,25)26)16-10-8-7-9-11-16)21(24)22-14-15-12-18(27-2)20(29-4)19(13-15)28-3/h7-13,17H,6,14H2,1-5H3,(H,22,24). The normalized spacial score (nSPS) is 12.0. The fourth-order valence-corrected chi connectivity index (χ4v) is 4.39. The number of hydrogen-bond donors (Lipinski definition) is 1. The van der Waals surface area contributed by atoms with Crippen LogP contribution in [0, 0.1) is 0 Å². The number of nitrogens with one attached hydrogen (secondary N) is 1. The Hall–Kier alpha value is -2.94. The van der Waals surface area contributed by atoms with Crippen LogP contribution in [0.3, 0.4) is 0 Å². The molecule has 9 heteroatoms. The zero-order valence-electron chi connectivity index (χ0n) is 17.8. The van der Waals surface area contributed by atoms with Crippen molar-refractivity contribution in [2.45, 2.75) is 25.9 Å². The Kier molecular flexibility index (Phi) is 7.93. The third-order valence-corrected chi connectivity index (χ3v) is 5.71. The van der Waals surface area contributed by atoms with Crippen molar-refractivity contribution >= 4 is 21.6 Å². The lowest BCUT2D eigenvalue weighted by molar-refractivity contribution is -0.122. The topological polar surface area (TPSA) is 94.2 Å². The van der Waals surface area contributed by atoms with Crippen molar-refractivity contribution in [3.05, 3.63) is 48.0 Å². The van der Waals surface area contributed by atoms with Crippen LogP contribution in [0.5, 0.6) is 17.2 Å². The number of rotatable bonds is 10. The predicted octanol–water partition coefficient (Wildman–Crippen LogP) is 2.57. The average Bonchev–Trinajstić information content (AvgIpc) is 2.74. The number of hydrogen-bond acceptors (Lipinski definition) is 6. The highest BCUT2D eigenvalue weighted by Crippen LogP contribution is 2.38. The average molecular weight is 437 g/mol. The van der Waals surface area contributed by atoms with E-state index in [1.165, 1.54) is 21.3 Å². The van der Waals surface area contributed by atoms with E-state index in [1.54, 1.807) is 49.4 Å². The van der Waals surface area contributed by atoms with E-state index in [1.807, 2.05) is 0 Å². The van der Waals surface area contributed by atoms with Gasteiger partial charge in [0.25, 0.3) is 0 Å². The van der Waals surface area contributed by atoms with Crippen molar-refractivity contribution in [1.29, 1.82) is 0 Å². The molecule has 2 aromatic carbocycles. The highest BCUT2D eigenvalue weighted by atomic mass is 32.2. The summed E-state index contributed by atoms with van der Waals surface area (Å²) in [5, 5.41) is 2.82. The molecule has 0 aliphatic rings. The number of sulfonamides is 1. The number of para-hydroxylation sites is 1. The summed E-state index contributed by atoms with van der Waals surface area (Å²) < 4.78 is 42.0. The molecular formula is C21H28N2O6S. The fourth-order valence-electron chi connectivity index (χ4n) is 3.18. The van der Waals surface area contributed by atoms with Crippen LogP contribution in [-0.4, -0.2) is 48.0 Å². The maximum absolute atomic E-state index is 12.9. The maximum atomic E-state index is 12.9. The van der Waals surface area contributed by atoms with Gasteiger partial charge >= 0.3 is 0 Å². The molecule has 0 heterocycles. The smallest absolute Gasteiger partial charge is 0.244 e. The van der Waals surface area contributed by atoms with Crippen molar-refractivity contribution in [3.63, 3.8) is 0 Å². The number of nitrogens with zero attached hydrogens (tertiary/aromatic N) is 1. The molecule has 2 rings (SSSR count). The van der Waals surface area contributed by atoms with Crippen LogP contribution in [0.15, 0.2) is 42.5 Å². The summed E-state index contributed by atoms with van der Waals surface area (Å²) >= 11 is 0. The first-order valence-electron chi connectivity index (χ1n) is 9.37. The number of carbonyl (C=O) groups excluding carboxylic acids is 1. The number of anilines is 1. The number of methoxy groups -OCH3 is 3. The molecule has 1 unspecified atom stereocenters. The molecule has 0 radical (unpaired) electrons. The second-order valence-electron chi connectivity index (χ2n) is 6.57. The van der Waals surface area contributed by atoms with Gasteiger partial charge < -0.3 is 19.5 Å². The van der Waals surface area contributed by atoms with E-state index in [0.29, 0.717) is 29.4 Å². The molecule has 164 valence electrons. The summed E-state index contributed by atoms with van der Waals surface area (Å²) in [4.78, 5) is 12.9. The van der Waals surface area contributed by atoms with Gasteiger partial charge in [-0.3, -0.25) is 9.10 Å². The third-order valence-electron chi connectivity index (χ3n) is 4.53. The van der Waals surface area contributed by atoms with Crippen LogP contribution >= 0.6 is 0 Å². The number of ether oxygens (including phenoxy) is 3. The highest BCUT2D eigenvalue weighted by Gasteiger charge is 2.31. The van der Waals surface area contributed by atoms with Gasteiger partial charge in [0, 0.05) is 6.54 Å². The Morgan fingerprint density at radius 1 is 1.03 bits per heavy atom. The first-order valence-corrected chi connectivity index (χ1v) is 11.2. The molecule has 0 spiro atoms. The van der Waals surface area contributed by atoms with Gasteiger partial charge in [-0.1, -0.05) is 25.1 Å². The van der Waals surface area contributed by atoms with Crippen molar-refractivity contribution in [3.8, 4) is 17.2 Å². The molecule has 0 aromatic heterocycles. The van der Waals surface area contributed by atoms with E-state index in [-0.39, 0.29) is 6.54 Å². The van der Waals surface area contributed by atoms with E-state index in [4.69, 9.17) is 14.2 Å². The number of benzene rings is 2. The Morgan fingerprint density at radius 2 is 1.60 bits per heavy atom. The monoisotopic (exact) mass is 436 g/mol. The van der Waals surface area contributed by atoms with Gasteiger partial charge in [0.05, 0.1) is 33.3 Å². The maximum Gasteiger partial charge on any atom is 0.244 e. The molecule has 0 saturated heterocycles. The SMILES string of the molecule is CCC(C(=O)NCc1cc(OC)c(OC)c(OC)c1)N(c1ccccc1)S(C)(=O)=O. The first-order chi connectivity index (χ1) is 14.3. The summed E-state index contributed by atoms with van der Waals surface area (Å²) in [7, 11) is 0.860. The molecule has 0 aliphatic carbocycles. The van der Waals surface area contributed by atoms with Gasteiger partial charge in [-0.05, 0) is 36.2 Å². The summed E-state index contributed by atoms with van der Waals surface area (Å²) in [6.07, 6.45) is 1.40. The quantitative estimate of drug-likeness (QED) is 0.615. The predicted molar refractivity (Wildman–Crippen MR) is 116 cm³/mol. The molecule has 0 bridgehead atoms. The van der Waals surface area contributed by atoms with E-state index in [2.05, 4.69) is 5.32 Å². The molecule has 1 N–H and O–H groups in total. The lowest BCUT2D eigenvalue weighted by Gasteiger charge is -2.30. The van der Waals surface area contributed by atoms with Crippen LogP contribution in [-0.2, 0) is 21.4 Å². The van der Waals surface area contributed by atoms with Crippen LogP contribution in [0.25, 0.3) is 0 Å². The molecule has 2 aromatic rings. The Balaban J connectivity index is 2.27. The van der Waals surface area contributed by atoms with Crippen LogP contribution in [0.2, 0.25) is 0 Å². The highest BCUT2D eigenvalue weighted by molar-refractivity contribution is 7.92. The summed E-state index contributed by atoms with van der Waals surface area (Å²) in [6, 6.07) is 11.1. The van der Waals surface area contributed by atoms with Crippen LogP contribution < -0.4 is 23.8 Å². The summed E-state index contributed by atoms with van der Waals surface area (Å²) in [6.45, 7) is 1.93. The molecule has 0 aliphatic heterocycles. The van der Waals surface area contributed by atoms with E-state index >= 15 is 0 Å². The third kappa shape index (κ3) is 5.35. The molecular weight excluding hydrogens is 408 g/mol. The van der Waals surface area contributed by atoms with E-state index < -0.39 is 22.0 Å². The van der Waals surface area contributed by atoms with Crippen molar-refractivity contribution in [2.24, 2.45) is 0 Å². The minimum absolute atomic E-state index is 0.165. The van der Waals surface area contributed by atoms with Crippen LogP contribution in [0.4, 0.5) is 5.69 Å². The Labute approximate surface area is 177 Å². The lowest BCUT2D eigenvalue weighted by Crippen LogP contribution is -2.49. The first kappa shape index (κ1) is 23.3. The number of carbonyl (C=O) groups is 1. The molecule has 1 atom stereocenters. The fraction of sp³-hybridized carbons (Fsp3) is 0.381. The van der Waals surface area contributed by atoms with Crippen LogP contribution in [0.1, 0.15) is 18.9 Å². The molecule has 30 heavy (non-hydrogen) atoms. The Morgan fingerprint density at radius 3 is 2.03 bits per heavy atom. The number of amides is 1. The van der Waals surface area contributed by atoms with Crippen molar-refractivity contribution in [1.82, 2.24) is 5.32 Å². The van der Waals surface area contributed by atoms with Gasteiger partial charge in [-0.2, -0.15) is 0 Å². The summed E-state index contributed by atoms with van der Waals surface area (Å²) in [5.74, 6) is 0.986. The molecule has 8 nitrogen and oxygen atoms in total. The summed E-state index contributed by atoms with van der Waals surface area (Å²) in [5.41, 5.74) is 1.16. The zero-order valence-corrected chi connectivity index (χ0v) is 18.7. The van der Waals surface area contributed by atoms with Gasteiger partial charge in [0.1, 0.15) is 6.04 Å². The second kappa shape index (κ2) is 10.2. The zero-order chi connectivity index (χ0) is 22.3. The van der Waals surface area contributed by atoms with Gasteiger partial charge in [0.2, 0.25) is 21.7 Å². The van der Waals surface area contributed by atoms with E-state index in [9.17, 15) is 13.2 Å². The minimum Gasteiger partial charge on any atom is -0.493 e. The molecule has 0 fully saturated rings. The van der Waals surface area contributed by atoms with Gasteiger partial charge in [-0.25, -0.2) is 8.42 Å². The van der Waals surface area contributed by atoms with Gasteiger partial charge in [0.15, 0.2) is 11.5 Å². The molecule has 1 amide bonds. The second-order valence-corrected chi connectivity index (χ2v) is 8.43. The largest absolute Gasteiger partial charge is 0.493 e. The lowest BCUT2D eigenvalue weighted by atomic mass is 10.1. The van der Waals surface area contributed by atoms with E-state index in [0.717, 1.165) is 16.1 Å². The van der Waals surface area contributed by atoms with Gasteiger partial charge in [-0.15, -0.1) is 0 Å². The minimum atomic E-state index is -3.67. The Bertz CT molecular complexity index is 938.